The van der Waals surface area contributed by atoms with Gasteiger partial charge in [-0.15, -0.1) is 0 Å². The van der Waals surface area contributed by atoms with Gasteiger partial charge in [0.2, 0.25) is 0 Å². The Morgan fingerprint density at radius 3 is 3.00 bits per heavy atom. The van der Waals surface area contributed by atoms with Gasteiger partial charge in [0.1, 0.15) is 5.15 Å². The molecule has 1 aromatic heterocycles. The van der Waals surface area contributed by atoms with Crippen LogP contribution >= 0.6 is 23.4 Å². The Morgan fingerprint density at radius 1 is 1.52 bits per heavy atom. The number of nitrogens with zero attached hydrogens (tertiary/aromatic N) is 3. The summed E-state index contributed by atoms with van der Waals surface area (Å²) in [5, 5.41) is 1.09. The lowest BCUT2D eigenvalue weighted by molar-refractivity contribution is -0.145. The molecule has 112 valence electrons. The molecule has 0 aromatic carbocycles. The molecule has 0 unspecified atom stereocenters. The van der Waals surface area contributed by atoms with Gasteiger partial charge in [-0.05, 0) is 11.6 Å². The number of esters is 1. The van der Waals surface area contributed by atoms with Gasteiger partial charge in [-0.2, -0.15) is 4.99 Å². The molecule has 1 amide bonds. The highest BCUT2D eigenvalue weighted by Crippen LogP contribution is 2.20. The number of amides is 1. The van der Waals surface area contributed by atoms with Crippen LogP contribution in [-0.4, -0.2) is 45.8 Å². The van der Waals surface area contributed by atoms with Crippen molar-refractivity contribution in [1.29, 1.82) is 0 Å². The molecule has 1 aromatic rings. The number of aliphatic imine (C=N–C) groups is 1. The molecule has 0 atom stereocenters. The van der Waals surface area contributed by atoms with Crippen LogP contribution in [0.2, 0.25) is 5.15 Å². The SMILES string of the molecule is CC(=O)OCC(=O)/N=C1\SCCN1Cc1ccc(Cl)nc1. The fourth-order valence-corrected chi connectivity index (χ4v) is 2.82. The third kappa shape index (κ3) is 5.02. The predicted molar refractivity (Wildman–Crippen MR) is 81.2 cm³/mol. The molecule has 1 fully saturated rings. The molecule has 1 saturated heterocycles. The van der Waals surface area contributed by atoms with Crippen LogP contribution in [0.1, 0.15) is 12.5 Å². The Bertz CT molecular complexity index is 562. The summed E-state index contributed by atoms with van der Waals surface area (Å²) in [4.78, 5) is 32.3. The number of hydrogen-bond donors (Lipinski definition) is 0. The maximum absolute atomic E-state index is 11.6. The van der Waals surface area contributed by atoms with Crippen molar-refractivity contribution in [2.45, 2.75) is 13.5 Å². The van der Waals surface area contributed by atoms with E-state index in [1.165, 1.54) is 18.7 Å². The zero-order valence-electron chi connectivity index (χ0n) is 11.4. The van der Waals surface area contributed by atoms with Crippen molar-refractivity contribution >= 4 is 40.4 Å². The summed E-state index contributed by atoms with van der Waals surface area (Å²) in [6.07, 6.45) is 1.70. The lowest BCUT2D eigenvalue weighted by Crippen LogP contribution is -2.25. The van der Waals surface area contributed by atoms with Crippen LogP contribution in [0, 0.1) is 0 Å². The van der Waals surface area contributed by atoms with Gasteiger partial charge in [-0.1, -0.05) is 29.4 Å². The summed E-state index contributed by atoms with van der Waals surface area (Å²) < 4.78 is 4.63. The van der Waals surface area contributed by atoms with E-state index >= 15 is 0 Å². The number of rotatable bonds is 4. The minimum Gasteiger partial charge on any atom is -0.456 e. The highest BCUT2D eigenvalue weighted by atomic mass is 35.5. The second-order valence-corrected chi connectivity index (χ2v) is 5.78. The Balaban J connectivity index is 1.97. The molecule has 8 heteroatoms. The number of carbonyl (C=O) groups excluding carboxylic acids is 2. The normalized spacial score (nSPS) is 16.3. The van der Waals surface area contributed by atoms with Crippen LogP contribution in [-0.2, 0) is 20.9 Å². The van der Waals surface area contributed by atoms with E-state index in [4.69, 9.17) is 11.6 Å². The van der Waals surface area contributed by atoms with E-state index in [0.29, 0.717) is 16.9 Å². The molecule has 0 N–H and O–H groups in total. The van der Waals surface area contributed by atoms with E-state index in [1.807, 2.05) is 11.0 Å². The van der Waals surface area contributed by atoms with E-state index in [2.05, 4.69) is 14.7 Å². The van der Waals surface area contributed by atoms with Gasteiger partial charge >= 0.3 is 5.97 Å². The molecular weight excluding hydrogens is 314 g/mol. The van der Waals surface area contributed by atoms with Gasteiger partial charge in [0, 0.05) is 32.0 Å². The molecule has 0 bridgehead atoms. The number of ether oxygens (including phenoxy) is 1. The fourth-order valence-electron chi connectivity index (χ4n) is 1.71. The lowest BCUT2D eigenvalue weighted by Gasteiger charge is -2.17. The van der Waals surface area contributed by atoms with E-state index in [-0.39, 0.29) is 6.61 Å². The van der Waals surface area contributed by atoms with Gasteiger partial charge < -0.3 is 9.64 Å². The molecule has 0 spiro atoms. The third-order valence-corrected chi connectivity index (χ3v) is 3.86. The van der Waals surface area contributed by atoms with Crippen LogP contribution in [0.5, 0.6) is 0 Å². The number of hydrogen-bond acceptors (Lipinski definition) is 5. The van der Waals surface area contributed by atoms with E-state index in [0.717, 1.165) is 17.9 Å². The zero-order valence-corrected chi connectivity index (χ0v) is 13.0. The van der Waals surface area contributed by atoms with E-state index < -0.39 is 11.9 Å². The smallest absolute Gasteiger partial charge is 0.303 e. The van der Waals surface area contributed by atoms with Crippen molar-refractivity contribution in [3.05, 3.63) is 29.0 Å². The number of thioether (sulfide) groups is 1. The number of halogens is 1. The first-order chi connectivity index (χ1) is 10.0. The fraction of sp³-hybridized carbons (Fsp3) is 0.385. The van der Waals surface area contributed by atoms with Crippen molar-refractivity contribution in [3.8, 4) is 0 Å². The van der Waals surface area contributed by atoms with Crippen LogP contribution in [0.4, 0.5) is 0 Å². The number of pyridine rings is 1. The lowest BCUT2D eigenvalue weighted by atomic mass is 10.3. The molecule has 0 saturated carbocycles. The summed E-state index contributed by atoms with van der Waals surface area (Å²) in [7, 11) is 0. The first-order valence-electron chi connectivity index (χ1n) is 6.27. The van der Waals surface area contributed by atoms with Gasteiger partial charge in [0.25, 0.3) is 5.91 Å². The molecule has 1 aliphatic heterocycles. The van der Waals surface area contributed by atoms with Gasteiger partial charge in [-0.25, -0.2) is 4.98 Å². The average molecular weight is 328 g/mol. The van der Waals surface area contributed by atoms with Gasteiger partial charge in [-0.3, -0.25) is 9.59 Å². The second kappa shape index (κ2) is 7.42. The molecule has 21 heavy (non-hydrogen) atoms. The Hall–Kier alpha value is -1.60. The highest BCUT2D eigenvalue weighted by molar-refractivity contribution is 8.14. The zero-order chi connectivity index (χ0) is 15.2. The number of aromatic nitrogens is 1. The molecule has 0 aliphatic carbocycles. The average Bonchev–Trinajstić information content (AvgIpc) is 2.86. The summed E-state index contributed by atoms with van der Waals surface area (Å²) >= 11 is 7.25. The summed E-state index contributed by atoms with van der Waals surface area (Å²) in [5.74, 6) is -0.0960. The predicted octanol–water partition coefficient (Wildman–Crippen LogP) is 1.73. The second-order valence-electron chi connectivity index (χ2n) is 4.33. The quantitative estimate of drug-likeness (QED) is 0.619. The van der Waals surface area contributed by atoms with Crippen LogP contribution in [0.15, 0.2) is 23.3 Å². The molecule has 2 rings (SSSR count). The van der Waals surface area contributed by atoms with Crippen molar-refractivity contribution < 1.29 is 14.3 Å². The molecule has 1 aliphatic rings. The maximum Gasteiger partial charge on any atom is 0.303 e. The Labute approximate surface area is 131 Å². The first-order valence-corrected chi connectivity index (χ1v) is 7.64. The summed E-state index contributed by atoms with van der Waals surface area (Å²) in [5.41, 5.74) is 0.988. The highest BCUT2D eigenvalue weighted by Gasteiger charge is 2.21. The monoisotopic (exact) mass is 327 g/mol. The van der Waals surface area contributed by atoms with Crippen LogP contribution in [0.3, 0.4) is 0 Å². The Morgan fingerprint density at radius 2 is 2.33 bits per heavy atom. The molecular formula is C13H14ClN3O3S. The largest absolute Gasteiger partial charge is 0.456 e. The van der Waals surface area contributed by atoms with Gasteiger partial charge in [0.15, 0.2) is 11.8 Å². The van der Waals surface area contributed by atoms with E-state index in [1.54, 1.807) is 12.3 Å². The Kier molecular flexibility index (Phi) is 5.58. The summed E-state index contributed by atoms with van der Waals surface area (Å²) in [6.45, 7) is 2.34. The van der Waals surface area contributed by atoms with Crippen LogP contribution < -0.4 is 0 Å². The topological polar surface area (TPSA) is 71.9 Å². The maximum atomic E-state index is 11.6. The van der Waals surface area contributed by atoms with Crippen molar-refractivity contribution in [1.82, 2.24) is 9.88 Å². The molecule has 6 nitrogen and oxygen atoms in total. The minimum atomic E-state index is -0.494. The number of amidine groups is 1. The van der Waals surface area contributed by atoms with Crippen LogP contribution in [0.25, 0.3) is 0 Å². The molecule has 2 heterocycles. The van der Waals surface area contributed by atoms with Crippen molar-refractivity contribution in [2.24, 2.45) is 4.99 Å². The van der Waals surface area contributed by atoms with Gasteiger partial charge in [0.05, 0.1) is 0 Å². The standard InChI is InChI=1S/C13H14ClN3O3S/c1-9(18)20-8-12(19)16-13-17(4-5-21-13)7-10-2-3-11(14)15-6-10/h2-3,6H,4-5,7-8H2,1H3/b16-13-. The minimum absolute atomic E-state index is 0.324. The van der Waals surface area contributed by atoms with Crippen molar-refractivity contribution in [2.75, 3.05) is 18.9 Å². The number of carbonyl (C=O) groups is 2. The van der Waals surface area contributed by atoms with Crippen molar-refractivity contribution in [3.63, 3.8) is 0 Å². The summed E-state index contributed by atoms with van der Waals surface area (Å²) in [6, 6.07) is 3.61. The third-order valence-electron chi connectivity index (χ3n) is 2.64. The first kappa shape index (κ1) is 15.8. The molecule has 0 radical (unpaired) electrons. The van der Waals surface area contributed by atoms with E-state index in [9.17, 15) is 9.59 Å².